The summed E-state index contributed by atoms with van der Waals surface area (Å²) >= 11 is 0. The average molecular weight is 364 g/mol. The first-order valence-electron chi connectivity index (χ1n) is 7.31. The van der Waals surface area contributed by atoms with E-state index in [0.29, 0.717) is 6.20 Å². The Kier molecular flexibility index (Phi) is 5.30. The molecule has 0 aliphatic rings. The third-order valence-electron chi connectivity index (χ3n) is 3.41. The Morgan fingerprint density at radius 1 is 1.31 bits per heavy atom. The van der Waals surface area contributed by atoms with Crippen molar-refractivity contribution < 1.29 is 23.1 Å². The molecular formula is C17H15F3N4O2. The van der Waals surface area contributed by atoms with Crippen molar-refractivity contribution in [2.75, 3.05) is 5.73 Å². The van der Waals surface area contributed by atoms with Crippen molar-refractivity contribution >= 4 is 28.7 Å². The number of hydrogen-bond donors (Lipinski definition) is 3. The summed E-state index contributed by atoms with van der Waals surface area (Å²) in [5, 5.41) is 9.33. The van der Waals surface area contributed by atoms with E-state index in [1.165, 1.54) is 36.4 Å². The second-order valence-corrected chi connectivity index (χ2v) is 5.17. The predicted octanol–water partition coefficient (Wildman–Crippen LogP) is 3.36. The van der Waals surface area contributed by atoms with Gasteiger partial charge in [-0.2, -0.15) is 13.2 Å². The Balaban J connectivity index is 2.69. The molecule has 0 saturated heterocycles. The van der Waals surface area contributed by atoms with Crippen molar-refractivity contribution in [3.63, 3.8) is 0 Å². The first-order valence-corrected chi connectivity index (χ1v) is 7.31. The number of nitrogens with two attached hydrogens (primary N) is 2. The van der Waals surface area contributed by atoms with Gasteiger partial charge in [0.05, 0.1) is 28.5 Å². The number of rotatable bonds is 4. The van der Waals surface area contributed by atoms with E-state index in [4.69, 9.17) is 11.5 Å². The highest BCUT2D eigenvalue weighted by Gasteiger charge is 2.33. The Morgan fingerprint density at radius 2 is 2.00 bits per heavy atom. The molecule has 5 N–H and O–H groups in total. The van der Waals surface area contributed by atoms with E-state index in [1.807, 2.05) is 0 Å². The van der Waals surface area contributed by atoms with Crippen molar-refractivity contribution in [3.05, 3.63) is 59.1 Å². The maximum Gasteiger partial charge on any atom is 0.434 e. The number of aromatic nitrogens is 2. The second kappa shape index (κ2) is 7.26. The molecular weight excluding hydrogens is 349 g/mol. The highest BCUT2D eigenvalue weighted by Crippen LogP contribution is 2.32. The maximum atomic E-state index is 12.9. The number of primary amides is 1. The molecule has 0 fully saturated rings. The SMILES string of the molecule is C/C=C(O)/C=C\C=C\c1c(N)c(C(N)=O)cc2ncc(C(F)(F)F)nc12. The fourth-order valence-corrected chi connectivity index (χ4v) is 2.10. The summed E-state index contributed by atoms with van der Waals surface area (Å²) in [5.74, 6) is -0.847. The van der Waals surface area contributed by atoms with Gasteiger partial charge >= 0.3 is 6.18 Å². The van der Waals surface area contributed by atoms with E-state index < -0.39 is 17.8 Å². The lowest BCUT2D eigenvalue weighted by Gasteiger charge is -2.11. The lowest BCUT2D eigenvalue weighted by molar-refractivity contribution is -0.141. The minimum Gasteiger partial charge on any atom is -0.508 e. The van der Waals surface area contributed by atoms with E-state index in [1.54, 1.807) is 6.92 Å². The van der Waals surface area contributed by atoms with E-state index >= 15 is 0 Å². The summed E-state index contributed by atoms with van der Waals surface area (Å²) in [5.41, 5.74) is 9.76. The number of nitrogen functional groups attached to an aromatic ring is 1. The smallest absolute Gasteiger partial charge is 0.434 e. The number of carbonyl (C=O) groups excluding carboxylic acids is 1. The van der Waals surface area contributed by atoms with Gasteiger partial charge in [0.1, 0.15) is 5.76 Å². The first kappa shape index (κ1) is 19.0. The van der Waals surface area contributed by atoms with E-state index in [-0.39, 0.29) is 33.6 Å². The van der Waals surface area contributed by atoms with E-state index in [2.05, 4.69) is 9.97 Å². The number of halogens is 3. The van der Waals surface area contributed by atoms with Crippen LogP contribution in [0.4, 0.5) is 18.9 Å². The third kappa shape index (κ3) is 4.00. The zero-order chi connectivity index (χ0) is 19.5. The van der Waals surface area contributed by atoms with Crippen LogP contribution < -0.4 is 11.5 Å². The van der Waals surface area contributed by atoms with Gasteiger partial charge in [-0.3, -0.25) is 9.78 Å². The van der Waals surface area contributed by atoms with Gasteiger partial charge in [0.15, 0.2) is 5.69 Å². The standard InChI is InChI=1S/C17H15F3N4O2/c1-2-9(25)5-3-4-6-10-14(21)11(16(22)26)7-12-15(10)24-13(8-23-12)17(18,19)20/h2-8,25H,21H2,1H3,(H2,22,26)/b5-3-,6-4+,9-2-. The van der Waals surface area contributed by atoms with Crippen LogP contribution in [0.25, 0.3) is 17.1 Å². The van der Waals surface area contributed by atoms with Crippen LogP contribution in [-0.2, 0) is 6.18 Å². The van der Waals surface area contributed by atoms with Crippen LogP contribution >= 0.6 is 0 Å². The van der Waals surface area contributed by atoms with Crippen LogP contribution in [-0.4, -0.2) is 21.0 Å². The molecule has 0 atom stereocenters. The molecule has 6 nitrogen and oxygen atoms in total. The summed E-state index contributed by atoms with van der Waals surface area (Å²) in [6.45, 7) is 1.62. The number of alkyl halides is 3. The van der Waals surface area contributed by atoms with E-state index in [0.717, 1.165) is 0 Å². The Bertz CT molecular complexity index is 947. The topological polar surface area (TPSA) is 115 Å². The molecule has 0 bridgehead atoms. The van der Waals surface area contributed by atoms with Crippen LogP contribution in [0, 0.1) is 0 Å². The fourth-order valence-electron chi connectivity index (χ4n) is 2.10. The number of aliphatic hydroxyl groups excluding tert-OH is 1. The lowest BCUT2D eigenvalue weighted by Crippen LogP contribution is -2.15. The number of hydrogen-bond acceptors (Lipinski definition) is 5. The molecule has 1 aromatic heterocycles. The summed E-state index contributed by atoms with van der Waals surface area (Å²) in [4.78, 5) is 18.8. The van der Waals surface area contributed by atoms with Gasteiger partial charge in [-0.25, -0.2) is 4.98 Å². The van der Waals surface area contributed by atoms with Gasteiger partial charge < -0.3 is 16.6 Å². The van der Waals surface area contributed by atoms with Crippen molar-refractivity contribution in [2.45, 2.75) is 13.1 Å². The van der Waals surface area contributed by atoms with Gasteiger partial charge in [0.2, 0.25) is 0 Å². The zero-order valence-corrected chi connectivity index (χ0v) is 13.6. The predicted molar refractivity (Wildman–Crippen MR) is 92.0 cm³/mol. The van der Waals surface area contributed by atoms with Crippen LogP contribution in [0.3, 0.4) is 0 Å². The fraction of sp³-hybridized carbons (Fsp3) is 0.118. The summed E-state index contributed by atoms with van der Waals surface area (Å²) in [6.07, 6.45) is 2.93. The number of fused-ring (bicyclic) bond motifs is 1. The molecule has 0 saturated carbocycles. The van der Waals surface area contributed by atoms with Crippen molar-refractivity contribution in [1.29, 1.82) is 0 Å². The molecule has 26 heavy (non-hydrogen) atoms. The first-order chi connectivity index (χ1) is 12.1. The number of allylic oxidation sites excluding steroid dienone is 4. The molecule has 1 amide bonds. The minimum atomic E-state index is -4.68. The largest absolute Gasteiger partial charge is 0.508 e. The second-order valence-electron chi connectivity index (χ2n) is 5.17. The normalized spacial score (nSPS) is 13.2. The van der Waals surface area contributed by atoms with Gasteiger partial charge in [-0.1, -0.05) is 18.2 Å². The number of carbonyl (C=O) groups is 1. The Hall–Kier alpha value is -3.36. The summed E-state index contributed by atoms with van der Waals surface area (Å²) < 4.78 is 38.8. The monoisotopic (exact) mass is 364 g/mol. The number of benzene rings is 1. The zero-order valence-electron chi connectivity index (χ0n) is 13.6. The van der Waals surface area contributed by atoms with Gasteiger partial charge in [-0.05, 0) is 25.1 Å². The molecule has 0 radical (unpaired) electrons. The molecule has 2 aromatic rings. The molecule has 1 heterocycles. The molecule has 0 aliphatic heterocycles. The summed E-state index contributed by atoms with van der Waals surface area (Å²) in [6, 6.07) is 1.19. The number of aliphatic hydroxyl groups is 1. The Morgan fingerprint density at radius 3 is 2.58 bits per heavy atom. The third-order valence-corrected chi connectivity index (χ3v) is 3.41. The number of amides is 1. The van der Waals surface area contributed by atoms with Crippen LogP contribution in [0.5, 0.6) is 0 Å². The van der Waals surface area contributed by atoms with Crippen molar-refractivity contribution in [2.24, 2.45) is 5.73 Å². The summed E-state index contributed by atoms with van der Waals surface area (Å²) in [7, 11) is 0. The van der Waals surface area contributed by atoms with Gasteiger partial charge in [0, 0.05) is 5.56 Å². The lowest BCUT2D eigenvalue weighted by atomic mass is 10.0. The van der Waals surface area contributed by atoms with Crippen molar-refractivity contribution in [3.8, 4) is 0 Å². The average Bonchev–Trinajstić information content (AvgIpc) is 2.57. The maximum absolute atomic E-state index is 12.9. The minimum absolute atomic E-state index is 0.00230. The van der Waals surface area contributed by atoms with Gasteiger partial charge in [-0.15, -0.1) is 0 Å². The van der Waals surface area contributed by atoms with Crippen molar-refractivity contribution in [1.82, 2.24) is 9.97 Å². The van der Waals surface area contributed by atoms with Crippen LogP contribution in [0.1, 0.15) is 28.5 Å². The molecule has 0 unspecified atom stereocenters. The Labute approximate surface area is 146 Å². The number of anilines is 1. The number of nitrogens with zero attached hydrogens (tertiary/aromatic N) is 2. The quantitative estimate of drug-likeness (QED) is 0.437. The van der Waals surface area contributed by atoms with Crippen LogP contribution in [0.2, 0.25) is 0 Å². The molecule has 136 valence electrons. The molecule has 2 rings (SSSR count). The van der Waals surface area contributed by atoms with Crippen LogP contribution in [0.15, 0.2) is 42.3 Å². The molecule has 9 heteroatoms. The highest BCUT2D eigenvalue weighted by molar-refractivity contribution is 6.05. The van der Waals surface area contributed by atoms with Gasteiger partial charge in [0.25, 0.3) is 5.91 Å². The van der Waals surface area contributed by atoms with E-state index in [9.17, 15) is 23.1 Å². The molecule has 1 aromatic carbocycles. The molecule has 0 spiro atoms. The molecule has 0 aliphatic carbocycles. The highest BCUT2D eigenvalue weighted by atomic mass is 19.4.